The summed E-state index contributed by atoms with van der Waals surface area (Å²) in [6.07, 6.45) is 3.60. The number of nitrogens with zero attached hydrogens (tertiary/aromatic N) is 1. The van der Waals surface area contributed by atoms with E-state index >= 15 is 0 Å². The van der Waals surface area contributed by atoms with Gasteiger partial charge < -0.3 is 5.73 Å². The molecule has 3 nitrogen and oxygen atoms in total. The van der Waals surface area contributed by atoms with Gasteiger partial charge in [-0.05, 0) is 24.5 Å². The average molecular weight is 218 g/mol. The Morgan fingerprint density at radius 2 is 2.20 bits per heavy atom. The van der Waals surface area contributed by atoms with Crippen LogP contribution in [0.5, 0.6) is 0 Å². The van der Waals surface area contributed by atoms with Crippen molar-refractivity contribution in [3.05, 3.63) is 36.0 Å². The number of hydrogen-bond acceptors (Lipinski definition) is 3. The molecular formula is C11H10N2OS. The first-order valence-electron chi connectivity index (χ1n) is 4.45. The summed E-state index contributed by atoms with van der Waals surface area (Å²) in [6.45, 7) is 0. The molecule has 0 radical (unpaired) electrons. The van der Waals surface area contributed by atoms with E-state index in [0.717, 1.165) is 15.8 Å². The fraction of sp³-hybridized carbons (Fsp3) is 0.0909. The lowest BCUT2D eigenvalue weighted by atomic mass is 10.1. The summed E-state index contributed by atoms with van der Waals surface area (Å²) in [5, 5.41) is 0.808. The van der Waals surface area contributed by atoms with E-state index in [1.54, 1.807) is 24.0 Å². The van der Waals surface area contributed by atoms with Gasteiger partial charge in [-0.2, -0.15) is 0 Å². The minimum absolute atomic E-state index is 0.417. The van der Waals surface area contributed by atoms with Crippen LogP contribution < -0.4 is 5.73 Å². The number of hydrogen-bond donors (Lipinski definition) is 1. The molecule has 0 fully saturated rings. The molecule has 1 amide bonds. The number of amides is 1. The number of aromatic nitrogens is 1. The first kappa shape index (κ1) is 9.98. The van der Waals surface area contributed by atoms with E-state index in [4.69, 9.17) is 5.73 Å². The van der Waals surface area contributed by atoms with Crippen molar-refractivity contribution in [1.82, 2.24) is 4.98 Å². The molecular weight excluding hydrogens is 208 g/mol. The zero-order valence-corrected chi connectivity index (χ0v) is 9.04. The fourth-order valence-corrected chi connectivity index (χ4v) is 1.90. The van der Waals surface area contributed by atoms with Gasteiger partial charge in [0.1, 0.15) is 0 Å². The second-order valence-electron chi connectivity index (χ2n) is 3.11. The summed E-state index contributed by atoms with van der Waals surface area (Å²) in [5.41, 5.74) is 6.60. The normalized spacial score (nSPS) is 10.5. The molecule has 0 aliphatic heterocycles. The van der Waals surface area contributed by atoms with Gasteiger partial charge >= 0.3 is 0 Å². The van der Waals surface area contributed by atoms with E-state index in [9.17, 15) is 4.79 Å². The van der Waals surface area contributed by atoms with Gasteiger partial charge in [-0.1, -0.05) is 6.07 Å². The number of fused-ring (bicyclic) bond motifs is 1. The van der Waals surface area contributed by atoms with Gasteiger partial charge in [0.15, 0.2) is 0 Å². The third-order valence-electron chi connectivity index (χ3n) is 2.22. The summed E-state index contributed by atoms with van der Waals surface area (Å²) >= 11 is 1.64. The molecule has 2 rings (SSSR count). The molecule has 0 aliphatic rings. The molecule has 4 heteroatoms. The van der Waals surface area contributed by atoms with Crippen molar-refractivity contribution >= 4 is 28.6 Å². The van der Waals surface area contributed by atoms with Crippen LogP contribution in [-0.2, 0) is 0 Å². The van der Waals surface area contributed by atoms with E-state index in [1.807, 2.05) is 24.5 Å². The Morgan fingerprint density at radius 3 is 2.87 bits per heavy atom. The maximum Gasteiger partial charge on any atom is 0.249 e. The maximum absolute atomic E-state index is 11.2. The maximum atomic E-state index is 11.2. The number of pyridine rings is 1. The van der Waals surface area contributed by atoms with Crippen molar-refractivity contribution in [2.24, 2.45) is 5.73 Å². The third-order valence-corrected chi connectivity index (χ3v) is 2.94. The molecule has 0 saturated heterocycles. The lowest BCUT2D eigenvalue weighted by molar-refractivity contribution is 0.100. The van der Waals surface area contributed by atoms with Crippen molar-refractivity contribution in [3.63, 3.8) is 0 Å². The highest BCUT2D eigenvalue weighted by Gasteiger charge is 2.06. The van der Waals surface area contributed by atoms with Gasteiger partial charge in [-0.15, -0.1) is 11.8 Å². The second-order valence-corrected chi connectivity index (χ2v) is 3.99. The number of nitrogens with two attached hydrogens (primary N) is 1. The van der Waals surface area contributed by atoms with Crippen LogP contribution >= 0.6 is 11.8 Å². The average Bonchev–Trinajstić information content (AvgIpc) is 2.27. The molecule has 0 unspecified atom stereocenters. The van der Waals surface area contributed by atoms with E-state index in [2.05, 4.69) is 4.98 Å². The zero-order valence-electron chi connectivity index (χ0n) is 8.23. The van der Waals surface area contributed by atoms with Crippen LogP contribution in [0.15, 0.2) is 35.4 Å². The molecule has 0 saturated carbocycles. The summed E-state index contributed by atoms with van der Waals surface area (Å²) in [4.78, 5) is 16.5. The summed E-state index contributed by atoms with van der Waals surface area (Å²) in [5.74, 6) is -0.417. The Morgan fingerprint density at radius 1 is 1.40 bits per heavy atom. The van der Waals surface area contributed by atoms with E-state index in [0.29, 0.717) is 5.56 Å². The molecule has 0 aliphatic carbocycles. The predicted molar refractivity (Wildman–Crippen MR) is 62.0 cm³/mol. The van der Waals surface area contributed by atoms with Crippen LogP contribution in [0.1, 0.15) is 10.4 Å². The van der Waals surface area contributed by atoms with Crippen molar-refractivity contribution in [2.45, 2.75) is 4.90 Å². The number of benzene rings is 1. The molecule has 1 heterocycles. The molecule has 0 spiro atoms. The lowest BCUT2D eigenvalue weighted by Crippen LogP contribution is -2.11. The Balaban J connectivity index is 2.72. The van der Waals surface area contributed by atoms with Crippen molar-refractivity contribution in [3.8, 4) is 0 Å². The molecule has 1 aromatic heterocycles. The highest BCUT2D eigenvalue weighted by molar-refractivity contribution is 7.98. The van der Waals surface area contributed by atoms with Gasteiger partial charge in [0, 0.05) is 16.5 Å². The van der Waals surface area contributed by atoms with Gasteiger partial charge in [-0.25, -0.2) is 0 Å². The number of carbonyl (C=O) groups excluding carboxylic acids is 1. The molecule has 2 aromatic rings. The van der Waals surface area contributed by atoms with E-state index in [-0.39, 0.29) is 0 Å². The number of rotatable bonds is 2. The Labute approximate surface area is 91.7 Å². The molecule has 76 valence electrons. The topological polar surface area (TPSA) is 56.0 Å². The van der Waals surface area contributed by atoms with Crippen LogP contribution in [0.4, 0.5) is 0 Å². The first-order valence-corrected chi connectivity index (χ1v) is 5.67. The lowest BCUT2D eigenvalue weighted by Gasteiger charge is -2.03. The number of carbonyl (C=O) groups is 1. The molecule has 2 N–H and O–H groups in total. The van der Waals surface area contributed by atoms with E-state index in [1.165, 1.54) is 0 Å². The minimum Gasteiger partial charge on any atom is -0.366 e. The van der Waals surface area contributed by atoms with Crippen LogP contribution in [0.3, 0.4) is 0 Å². The van der Waals surface area contributed by atoms with Crippen LogP contribution in [0.25, 0.3) is 10.9 Å². The highest BCUT2D eigenvalue weighted by Crippen LogP contribution is 2.22. The SMILES string of the molecule is CSc1ccc2c(C(N)=O)ccnc2c1. The van der Waals surface area contributed by atoms with E-state index < -0.39 is 5.91 Å². The Bertz CT molecular complexity index is 525. The first-order chi connectivity index (χ1) is 7.22. The molecule has 15 heavy (non-hydrogen) atoms. The van der Waals surface area contributed by atoms with Gasteiger partial charge in [-0.3, -0.25) is 9.78 Å². The molecule has 1 aromatic carbocycles. The largest absolute Gasteiger partial charge is 0.366 e. The summed E-state index contributed by atoms with van der Waals surface area (Å²) in [7, 11) is 0. The van der Waals surface area contributed by atoms with Crippen LogP contribution in [0, 0.1) is 0 Å². The van der Waals surface area contributed by atoms with Crippen molar-refractivity contribution < 1.29 is 4.79 Å². The Hall–Kier alpha value is -1.55. The van der Waals surface area contributed by atoms with Crippen molar-refractivity contribution in [1.29, 1.82) is 0 Å². The fourth-order valence-electron chi connectivity index (χ4n) is 1.47. The van der Waals surface area contributed by atoms with Gasteiger partial charge in [0.25, 0.3) is 0 Å². The third kappa shape index (κ3) is 1.80. The van der Waals surface area contributed by atoms with Crippen LogP contribution in [0.2, 0.25) is 0 Å². The second kappa shape index (κ2) is 3.90. The Kier molecular flexibility index (Phi) is 2.60. The number of thioether (sulfide) groups is 1. The molecule has 0 atom stereocenters. The number of primary amides is 1. The quantitative estimate of drug-likeness (QED) is 0.785. The summed E-state index contributed by atoms with van der Waals surface area (Å²) < 4.78 is 0. The standard InChI is InChI=1S/C11H10N2OS/c1-15-7-2-3-8-9(11(12)14)4-5-13-10(8)6-7/h2-6H,1H3,(H2,12,14). The van der Waals surface area contributed by atoms with Crippen LogP contribution in [-0.4, -0.2) is 17.1 Å². The van der Waals surface area contributed by atoms with Gasteiger partial charge in [0.05, 0.1) is 11.1 Å². The smallest absolute Gasteiger partial charge is 0.249 e. The molecule has 0 bridgehead atoms. The summed E-state index contributed by atoms with van der Waals surface area (Å²) in [6, 6.07) is 7.44. The predicted octanol–water partition coefficient (Wildman–Crippen LogP) is 2.06. The monoisotopic (exact) mass is 218 g/mol. The zero-order chi connectivity index (χ0) is 10.8. The minimum atomic E-state index is -0.417. The van der Waals surface area contributed by atoms with Gasteiger partial charge in [0.2, 0.25) is 5.91 Å². The van der Waals surface area contributed by atoms with Crippen molar-refractivity contribution in [2.75, 3.05) is 6.26 Å². The highest BCUT2D eigenvalue weighted by atomic mass is 32.2.